The lowest BCUT2D eigenvalue weighted by Crippen LogP contribution is -2.44. The largest absolute Gasteiger partial charge is 0.358 e. The van der Waals surface area contributed by atoms with Crippen molar-refractivity contribution in [1.82, 2.24) is 24.6 Å². The molecular formula is C31H29FN6O3. The highest BCUT2D eigenvalue weighted by Gasteiger charge is 2.40. The molecule has 1 aliphatic rings. The summed E-state index contributed by atoms with van der Waals surface area (Å²) in [5.41, 5.74) is 6.56. The number of halogens is 1. The standard InChI is InChI=1S/C31H29FN6O3/c1-17-18(2)35-27-6-5-23(12-24(17)27)36-31(41)29-11-22(32)14-38(29)30(40)16-37-15-26(19(3)39)25-10-20(4-7-28(25)37)21-8-9-33-34-13-21/h4-10,12-13,15,22,29,35H,11,14,16H2,1-3H3,(H,36,41). The van der Waals surface area contributed by atoms with Crippen molar-refractivity contribution in [1.29, 1.82) is 0 Å². The quantitative estimate of drug-likeness (QED) is 0.289. The number of nitrogens with zero attached hydrogens (tertiary/aromatic N) is 4. The van der Waals surface area contributed by atoms with Crippen LogP contribution in [0.1, 0.15) is 35.0 Å². The number of benzene rings is 2. The molecule has 3 aromatic heterocycles. The number of aromatic amines is 1. The van der Waals surface area contributed by atoms with Gasteiger partial charge in [0, 0.05) is 56.9 Å². The monoisotopic (exact) mass is 552 g/mol. The minimum atomic E-state index is -1.31. The fourth-order valence-corrected chi connectivity index (χ4v) is 5.66. The number of carbonyl (C=O) groups is 3. The van der Waals surface area contributed by atoms with Crippen LogP contribution in [0.3, 0.4) is 0 Å². The van der Waals surface area contributed by atoms with E-state index in [9.17, 15) is 18.8 Å². The Bertz CT molecular complexity index is 1830. The fraction of sp³-hybridized carbons (Fsp3) is 0.258. The van der Waals surface area contributed by atoms with Crippen LogP contribution in [0.25, 0.3) is 32.9 Å². The third kappa shape index (κ3) is 4.86. The molecule has 1 fully saturated rings. The van der Waals surface area contributed by atoms with E-state index in [4.69, 9.17) is 0 Å². The first kappa shape index (κ1) is 26.4. The number of ketones is 1. The number of hydrogen-bond acceptors (Lipinski definition) is 5. The van der Waals surface area contributed by atoms with E-state index in [1.165, 1.54) is 11.8 Å². The highest BCUT2D eigenvalue weighted by Crippen LogP contribution is 2.30. The Kier molecular flexibility index (Phi) is 6.61. The Balaban J connectivity index is 1.25. The number of anilines is 1. The summed E-state index contributed by atoms with van der Waals surface area (Å²) in [5.74, 6) is -0.967. The Morgan fingerprint density at radius 3 is 2.63 bits per heavy atom. The van der Waals surface area contributed by atoms with Gasteiger partial charge >= 0.3 is 0 Å². The number of H-pyrrole nitrogens is 1. The molecule has 0 radical (unpaired) electrons. The van der Waals surface area contributed by atoms with Crippen molar-refractivity contribution in [2.45, 2.75) is 46.0 Å². The molecule has 2 amide bonds. The molecule has 4 heterocycles. The predicted octanol–water partition coefficient (Wildman–Crippen LogP) is 4.98. The van der Waals surface area contributed by atoms with E-state index in [0.717, 1.165) is 33.3 Å². The third-order valence-electron chi connectivity index (χ3n) is 7.93. The van der Waals surface area contributed by atoms with E-state index in [0.29, 0.717) is 22.2 Å². The summed E-state index contributed by atoms with van der Waals surface area (Å²) >= 11 is 0. The molecular weight excluding hydrogens is 523 g/mol. The number of rotatable bonds is 6. The summed E-state index contributed by atoms with van der Waals surface area (Å²) in [6.07, 6.45) is 3.50. The Hall–Kier alpha value is -4.86. The number of Topliss-reactive ketones (excluding diaryl/α,β-unsaturated/α-hetero) is 1. The van der Waals surface area contributed by atoms with Gasteiger partial charge in [-0.15, -0.1) is 0 Å². The normalized spacial score (nSPS) is 16.9. The maximum Gasteiger partial charge on any atom is 0.247 e. The number of nitrogens with one attached hydrogen (secondary N) is 2. The maximum atomic E-state index is 14.6. The van der Waals surface area contributed by atoms with Gasteiger partial charge in [-0.25, -0.2) is 4.39 Å². The number of hydrogen-bond donors (Lipinski definition) is 2. The van der Waals surface area contributed by atoms with Crippen molar-refractivity contribution in [3.8, 4) is 11.1 Å². The van der Waals surface area contributed by atoms with Gasteiger partial charge in [0.1, 0.15) is 18.8 Å². The lowest BCUT2D eigenvalue weighted by molar-refractivity contribution is -0.137. The van der Waals surface area contributed by atoms with Crippen LogP contribution in [0.15, 0.2) is 61.1 Å². The minimum absolute atomic E-state index is 0.0729. The van der Waals surface area contributed by atoms with Crippen molar-refractivity contribution >= 4 is 45.1 Å². The predicted molar refractivity (Wildman–Crippen MR) is 154 cm³/mol. The van der Waals surface area contributed by atoms with Gasteiger partial charge in [-0.3, -0.25) is 14.4 Å². The van der Waals surface area contributed by atoms with Gasteiger partial charge in [0.15, 0.2) is 5.78 Å². The summed E-state index contributed by atoms with van der Waals surface area (Å²) in [4.78, 5) is 43.9. The van der Waals surface area contributed by atoms with E-state index in [2.05, 4.69) is 20.5 Å². The number of amides is 2. The van der Waals surface area contributed by atoms with E-state index in [1.807, 2.05) is 50.2 Å². The second-order valence-corrected chi connectivity index (χ2v) is 10.6. The van der Waals surface area contributed by atoms with Gasteiger partial charge in [0.2, 0.25) is 11.8 Å². The highest BCUT2D eigenvalue weighted by atomic mass is 19.1. The second-order valence-electron chi connectivity index (χ2n) is 10.6. The number of carbonyl (C=O) groups excluding carboxylic acids is 3. The maximum absolute atomic E-state index is 14.6. The first-order valence-corrected chi connectivity index (χ1v) is 13.4. The third-order valence-corrected chi connectivity index (χ3v) is 7.93. The van der Waals surface area contributed by atoms with Crippen molar-refractivity contribution in [3.05, 3.63) is 77.9 Å². The molecule has 0 saturated carbocycles. The molecule has 0 aliphatic carbocycles. The molecule has 10 heteroatoms. The van der Waals surface area contributed by atoms with Crippen molar-refractivity contribution < 1.29 is 18.8 Å². The molecule has 2 unspecified atom stereocenters. The van der Waals surface area contributed by atoms with Crippen molar-refractivity contribution in [2.75, 3.05) is 11.9 Å². The molecule has 1 saturated heterocycles. The molecule has 6 rings (SSSR count). The van der Waals surface area contributed by atoms with Crippen LogP contribution in [0.5, 0.6) is 0 Å². The molecule has 0 spiro atoms. The summed E-state index contributed by atoms with van der Waals surface area (Å²) in [5, 5.41) is 12.3. The van der Waals surface area contributed by atoms with E-state index >= 15 is 0 Å². The minimum Gasteiger partial charge on any atom is -0.358 e. The summed E-state index contributed by atoms with van der Waals surface area (Å²) in [7, 11) is 0. The number of aryl methyl sites for hydroxylation is 2. The Labute approximate surface area is 235 Å². The van der Waals surface area contributed by atoms with Crippen LogP contribution in [0.4, 0.5) is 10.1 Å². The number of fused-ring (bicyclic) bond motifs is 2. The Morgan fingerprint density at radius 1 is 1.05 bits per heavy atom. The van der Waals surface area contributed by atoms with Crippen molar-refractivity contribution in [2.24, 2.45) is 0 Å². The van der Waals surface area contributed by atoms with Gasteiger partial charge in [-0.05, 0) is 68.3 Å². The van der Waals surface area contributed by atoms with Crippen LogP contribution in [0, 0.1) is 13.8 Å². The van der Waals surface area contributed by atoms with Gasteiger partial charge in [0.25, 0.3) is 0 Å². The topological polar surface area (TPSA) is 113 Å². The van der Waals surface area contributed by atoms with Crippen LogP contribution in [-0.2, 0) is 16.1 Å². The lowest BCUT2D eigenvalue weighted by Gasteiger charge is -2.24. The summed E-state index contributed by atoms with van der Waals surface area (Å²) in [6.45, 7) is 5.17. The number of aromatic nitrogens is 4. The first-order valence-electron chi connectivity index (χ1n) is 13.4. The fourth-order valence-electron chi connectivity index (χ4n) is 5.66. The van der Waals surface area contributed by atoms with Gasteiger partial charge in [-0.1, -0.05) is 6.07 Å². The van der Waals surface area contributed by atoms with Gasteiger partial charge in [-0.2, -0.15) is 10.2 Å². The summed E-state index contributed by atoms with van der Waals surface area (Å²) in [6, 6.07) is 12.1. The van der Waals surface area contributed by atoms with Gasteiger partial charge in [0.05, 0.1) is 18.9 Å². The zero-order valence-corrected chi connectivity index (χ0v) is 22.9. The van der Waals surface area contributed by atoms with Gasteiger partial charge < -0.3 is 19.8 Å². The molecule has 5 aromatic rings. The molecule has 9 nitrogen and oxygen atoms in total. The average Bonchev–Trinajstić information content (AvgIpc) is 3.62. The number of alkyl halides is 1. The lowest BCUT2D eigenvalue weighted by atomic mass is 10.0. The summed E-state index contributed by atoms with van der Waals surface area (Å²) < 4.78 is 16.3. The second kappa shape index (κ2) is 10.3. The van der Waals surface area contributed by atoms with Crippen LogP contribution < -0.4 is 5.32 Å². The molecule has 208 valence electrons. The molecule has 2 atom stereocenters. The smallest absolute Gasteiger partial charge is 0.247 e. The highest BCUT2D eigenvalue weighted by molar-refractivity contribution is 6.08. The first-order chi connectivity index (χ1) is 19.7. The van der Waals surface area contributed by atoms with Crippen LogP contribution in [-0.4, -0.2) is 61.0 Å². The average molecular weight is 553 g/mol. The van der Waals surface area contributed by atoms with Crippen molar-refractivity contribution in [3.63, 3.8) is 0 Å². The Morgan fingerprint density at radius 2 is 1.88 bits per heavy atom. The van der Waals surface area contributed by atoms with E-state index in [1.54, 1.807) is 29.2 Å². The zero-order valence-electron chi connectivity index (χ0n) is 22.9. The van der Waals surface area contributed by atoms with Crippen LogP contribution >= 0.6 is 0 Å². The molecule has 1 aliphatic heterocycles. The SMILES string of the molecule is CC(=O)c1cn(CC(=O)N2CC(F)CC2C(=O)Nc2ccc3[nH]c(C)c(C)c3c2)c2ccc(-c3ccnnc3)cc12. The number of likely N-dealkylation sites (tertiary alicyclic amines) is 1. The zero-order chi connectivity index (χ0) is 28.8. The molecule has 2 N–H and O–H groups in total. The molecule has 2 aromatic carbocycles. The van der Waals surface area contributed by atoms with E-state index in [-0.39, 0.29) is 25.3 Å². The molecule has 0 bridgehead atoms. The van der Waals surface area contributed by atoms with Crippen LogP contribution in [0.2, 0.25) is 0 Å². The van der Waals surface area contributed by atoms with E-state index < -0.39 is 24.0 Å². The molecule has 41 heavy (non-hydrogen) atoms.